The number of fused-ring (bicyclic) bond motifs is 4. The summed E-state index contributed by atoms with van der Waals surface area (Å²) in [5.41, 5.74) is 16.3. The van der Waals surface area contributed by atoms with E-state index in [1.54, 1.807) is 37.1 Å². The first-order valence-electron chi connectivity index (χ1n) is 18.5. The lowest BCUT2D eigenvalue weighted by Crippen LogP contribution is -2.52. The van der Waals surface area contributed by atoms with E-state index in [-0.39, 0.29) is 29.3 Å². The number of amides is 1. The van der Waals surface area contributed by atoms with Crippen LogP contribution in [-0.4, -0.2) is 45.2 Å². The molecule has 11 nitrogen and oxygen atoms in total. The molecule has 3 aliphatic rings. The van der Waals surface area contributed by atoms with E-state index in [1.165, 1.54) is 11.1 Å². The number of nitrogens with one attached hydrogen (secondary N) is 1. The van der Waals surface area contributed by atoms with Crippen molar-refractivity contribution in [2.24, 2.45) is 0 Å². The zero-order valence-corrected chi connectivity index (χ0v) is 31.6. The van der Waals surface area contributed by atoms with Crippen LogP contribution >= 0.6 is 0 Å². The maximum Gasteiger partial charge on any atom is 0.427 e. The van der Waals surface area contributed by atoms with Gasteiger partial charge in [0.05, 0.1) is 45.9 Å². The summed E-state index contributed by atoms with van der Waals surface area (Å²) in [6.45, 7) is 3.04. The molecular formula is C44H45N5O6+2. The van der Waals surface area contributed by atoms with Gasteiger partial charge in [0.15, 0.2) is 23.0 Å². The molecule has 1 aromatic heterocycles. The first-order chi connectivity index (χ1) is 26.7. The first kappa shape index (κ1) is 35.8. The molecule has 55 heavy (non-hydrogen) atoms. The highest BCUT2D eigenvalue weighted by Crippen LogP contribution is 2.38. The molecule has 0 radical (unpaired) electrons. The van der Waals surface area contributed by atoms with Gasteiger partial charge in [-0.2, -0.15) is 0 Å². The summed E-state index contributed by atoms with van der Waals surface area (Å²) in [6.07, 6.45) is 10.4. The van der Waals surface area contributed by atoms with Crippen molar-refractivity contribution in [2.45, 2.75) is 51.9 Å². The summed E-state index contributed by atoms with van der Waals surface area (Å²) in [4.78, 5) is 30.9. The number of nitrogens with two attached hydrogens (primary N) is 1. The molecule has 1 amide bonds. The lowest BCUT2D eigenvalue weighted by Gasteiger charge is -2.30. The quantitative estimate of drug-likeness (QED) is 0.0667. The summed E-state index contributed by atoms with van der Waals surface area (Å²) in [7, 11) is 5.15. The Morgan fingerprint density at radius 1 is 0.964 bits per heavy atom. The number of nitrogens with zero attached hydrogens (tertiary/aromatic N) is 3. The lowest BCUT2D eigenvalue weighted by molar-refractivity contribution is -0.595. The van der Waals surface area contributed by atoms with Gasteiger partial charge >= 0.3 is 12.0 Å². The Morgan fingerprint density at radius 2 is 1.69 bits per heavy atom. The van der Waals surface area contributed by atoms with Gasteiger partial charge in [-0.05, 0) is 66.8 Å². The van der Waals surface area contributed by atoms with Gasteiger partial charge in [-0.15, -0.1) is 4.57 Å². The molecule has 4 aromatic carbocycles. The molecule has 11 heteroatoms. The molecule has 0 spiro atoms. The van der Waals surface area contributed by atoms with Crippen molar-refractivity contribution >= 4 is 40.1 Å². The van der Waals surface area contributed by atoms with Gasteiger partial charge in [0.25, 0.3) is 0 Å². The van der Waals surface area contributed by atoms with Gasteiger partial charge in [0.1, 0.15) is 30.3 Å². The number of benzene rings is 4. The van der Waals surface area contributed by atoms with E-state index in [9.17, 15) is 9.59 Å². The van der Waals surface area contributed by atoms with Gasteiger partial charge in [0.2, 0.25) is 11.4 Å². The summed E-state index contributed by atoms with van der Waals surface area (Å²) >= 11 is 0. The Kier molecular flexibility index (Phi) is 9.48. The molecule has 0 saturated heterocycles. The number of quaternary nitrogens is 1. The summed E-state index contributed by atoms with van der Waals surface area (Å²) in [6, 6.07) is 21.3. The number of aryl methyl sites for hydroxylation is 1. The Balaban J connectivity index is 0.978. The van der Waals surface area contributed by atoms with Crippen molar-refractivity contribution in [3.8, 4) is 23.0 Å². The predicted molar refractivity (Wildman–Crippen MR) is 214 cm³/mol. The fourth-order valence-electron chi connectivity index (χ4n) is 8.10. The number of methoxy groups -OCH3 is 2. The van der Waals surface area contributed by atoms with E-state index >= 15 is 0 Å². The second-order valence-electron chi connectivity index (χ2n) is 14.6. The lowest BCUT2D eigenvalue weighted by atomic mass is 10.0. The van der Waals surface area contributed by atoms with Crippen LogP contribution in [0.1, 0.15) is 40.8 Å². The Morgan fingerprint density at radius 3 is 2.44 bits per heavy atom. The predicted octanol–water partition coefficient (Wildman–Crippen LogP) is 6.20. The third-order valence-corrected chi connectivity index (χ3v) is 11.1. The van der Waals surface area contributed by atoms with Crippen LogP contribution in [0.4, 0.5) is 17.1 Å². The summed E-state index contributed by atoms with van der Waals surface area (Å²) in [5, 5.41) is 4.04. The molecule has 2 aliphatic heterocycles. The second-order valence-corrected chi connectivity index (χ2v) is 14.6. The number of aromatic nitrogens is 2. The molecule has 5 aromatic rings. The van der Waals surface area contributed by atoms with Gasteiger partial charge in [-0.3, -0.25) is 0 Å². The van der Waals surface area contributed by atoms with Gasteiger partial charge < -0.3 is 30.0 Å². The second kappa shape index (κ2) is 14.6. The maximum absolute atomic E-state index is 13.8. The molecule has 0 fully saturated rings. The highest BCUT2D eigenvalue weighted by molar-refractivity contribution is 5.81. The number of para-hydroxylation sites is 1. The van der Waals surface area contributed by atoms with E-state index in [0.717, 1.165) is 71.5 Å². The van der Waals surface area contributed by atoms with Gasteiger partial charge in [0, 0.05) is 53.2 Å². The smallest absolute Gasteiger partial charge is 0.427 e. The number of hydrogen-bond donors (Lipinski definition) is 2. The van der Waals surface area contributed by atoms with E-state index in [0.29, 0.717) is 46.1 Å². The van der Waals surface area contributed by atoms with Crippen LogP contribution in [0.2, 0.25) is 0 Å². The average Bonchev–Trinajstić information content (AvgIpc) is 3.67. The molecule has 280 valence electrons. The molecule has 1 aliphatic carbocycles. The highest BCUT2D eigenvalue weighted by atomic mass is 16.5. The molecular weight excluding hydrogens is 695 g/mol. The largest absolute Gasteiger partial charge is 0.493 e. The van der Waals surface area contributed by atoms with Crippen LogP contribution < -0.4 is 44.6 Å². The Labute approximate surface area is 319 Å². The number of anilines is 2. The fourth-order valence-corrected chi connectivity index (χ4v) is 8.10. The number of carbonyl (C=O) groups is 1. The molecule has 2 unspecified atom stereocenters. The third kappa shape index (κ3) is 6.65. The van der Waals surface area contributed by atoms with Crippen molar-refractivity contribution < 1.29 is 28.3 Å². The van der Waals surface area contributed by atoms with Crippen molar-refractivity contribution in [1.29, 1.82) is 0 Å². The van der Waals surface area contributed by atoms with Crippen LogP contribution in [-0.2, 0) is 30.8 Å². The minimum atomic E-state index is -0.127. The maximum atomic E-state index is 13.8. The van der Waals surface area contributed by atoms with Crippen LogP contribution in [0.5, 0.6) is 23.0 Å². The molecule has 2 atom stereocenters. The third-order valence-electron chi connectivity index (χ3n) is 11.1. The zero-order valence-electron chi connectivity index (χ0n) is 31.6. The molecule has 0 bridgehead atoms. The van der Waals surface area contributed by atoms with Crippen LogP contribution in [0.15, 0.2) is 95.4 Å². The average molecular weight is 740 g/mol. The van der Waals surface area contributed by atoms with Crippen LogP contribution in [0, 0.1) is 6.92 Å². The number of allylic oxidation sites excluding steroid dienone is 4. The first-order valence-corrected chi connectivity index (χ1v) is 18.5. The number of likely N-dealkylation sites (N-methyl/N-ethyl adjacent to an activating group) is 1. The van der Waals surface area contributed by atoms with E-state index in [4.69, 9.17) is 29.7 Å². The van der Waals surface area contributed by atoms with Crippen molar-refractivity contribution in [3.05, 3.63) is 129 Å². The monoisotopic (exact) mass is 739 g/mol. The molecule has 0 saturated carbocycles. The number of ether oxygens (including phenoxy) is 4. The van der Waals surface area contributed by atoms with Gasteiger partial charge in [-0.1, -0.05) is 24.3 Å². The van der Waals surface area contributed by atoms with E-state index in [1.807, 2.05) is 68.6 Å². The normalized spacial score (nSPS) is 18.1. The standard InChI is InChI=1S/C44H45N5O6/c1-27-13-40(52-3)42(20-36(27)47-23-34-18-31-10-6-8-12-39(31)49(34,2)26-50)54-24-28-14-29(16-32(45)15-28)25-55-43-21-37-35(19-41(43)53-4)44(51)48-33(22-46-37)17-30-9-5-7-11-38(30)48/h6-8,10-16,19-22,26,34,47H,5,9,17-18,23-25,45H2,1-4H3/q+2. The van der Waals surface area contributed by atoms with Gasteiger partial charge in [-0.25, -0.2) is 19.1 Å². The van der Waals surface area contributed by atoms with E-state index < -0.39 is 0 Å². The summed E-state index contributed by atoms with van der Waals surface area (Å²) < 4.78 is 26.0. The number of nitrogen functional groups attached to an aromatic ring is 1. The van der Waals surface area contributed by atoms with Crippen LogP contribution in [0.25, 0.3) is 16.6 Å². The number of carbonyl (C=O) groups excluding carboxylic acids is 1. The minimum Gasteiger partial charge on any atom is -0.493 e. The number of hydrogen-bond acceptors (Lipinski definition) is 9. The summed E-state index contributed by atoms with van der Waals surface area (Å²) in [5.74, 6) is 2.09. The zero-order chi connectivity index (χ0) is 38.3. The van der Waals surface area contributed by atoms with Crippen molar-refractivity contribution in [2.75, 3.05) is 38.9 Å². The SMILES string of the molecule is COc1cc(C)c(NCC2Cc3ccccc3[N+]2(C)C=O)cc1OCc1cc(N)cc(COc2cc3ncc4[n+](c(=O)c3cc2OC)C2=C(CCC=C2)C4)c1. The van der Waals surface area contributed by atoms with Crippen molar-refractivity contribution in [1.82, 2.24) is 9.47 Å². The van der Waals surface area contributed by atoms with Crippen molar-refractivity contribution in [3.63, 3.8) is 0 Å². The number of rotatable bonds is 12. The minimum absolute atomic E-state index is 0.0479. The van der Waals surface area contributed by atoms with Crippen LogP contribution in [0.3, 0.4) is 0 Å². The Bertz CT molecular complexity index is 2480. The fraction of sp³-hybridized carbons (Fsp3) is 0.273. The van der Waals surface area contributed by atoms with E-state index in [2.05, 4.69) is 17.5 Å². The highest BCUT2D eigenvalue weighted by Gasteiger charge is 2.43. The molecule has 3 heterocycles. The molecule has 8 rings (SSSR count). The topological polar surface area (TPSA) is 126 Å². The Hall–Kier alpha value is -6.20. The molecule has 3 N–H and O–H groups in total.